The standard InChI is InChI=1S/C10H11BrN4O2S/c1-7-13-10(6-15(7)2)18(16,17)14-9-3-8(11)4-12-5-9/h3-6,14H,1-2H3. The Morgan fingerprint density at radius 2 is 2.11 bits per heavy atom. The lowest BCUT2D eigenvalue weighted by molar-refractivity contribution is 0.598. The Hall–Kier alpha value is -1.41. The van der Waals surface area contributed by atoms with E-state index in [-0.39, 0.29) is 5.03 Å². The molecule has 96 valence electrons. The number of aryl methyl sites for hydroxylation is 2. The fourth-order valence-electron chi connectivity index (χ4n) is 1.33. The van der Waals surface area contributed by atoms with Crippen LogP contribution in [-0.2, 0) is 17.1 Å². The first kappa shape index (κ1) is 13.0. The average molecular weight is 331 g/mol. The predicted octanol–water partition coefficient (Wildman–Crippen LogP) is 1.69. The van der Waals surface area contributed by atoms with Crippen LogP contribution in [0, 0.1) is 6.92 Å². The van der Waals surface area contributed by atoms with Crippen LogP contribution in [-0.4, -0.2) is 23.0 Å². The molecular formula is C10H11BrN4O2S. The van der Waals surface area contributed by atoms with Crippen LogP contribution >= 0.6 is 15.9 Å². The Kier molecular flexibility index (Phi) is 3.40. The van der Waals surface area contributed by atoms with Crippen LogP contribution in [0.3, 0.4) is 0 Å². The molecule has 0 aliphatic heterocycles. The highest BCUT2D eigenvalue weighted by molar-refractivity contribution is 9.10. The van der Waals surface area contributed by atoms with E-state index in [1.165, 1.54) is 12.4 Å². The van der Waals surface area contributed by atoms with Gasteiger partial charge < -0.3 is 4.57 Å². The molecule has 0 atom stereocenters. The summed E-state index contributed by atoms with van der Waals surface area (Å²) >= 11 is 3.22. The number of hydrogen-bond acceptors (Lipinski definition) is 4. The second-order valence-corrected chi connectivity index (χ2v) is 6.28. The molecule has 0 aliphatic rings. The Balaban J connectivity index is 2.33. The van der Waals surface area contributed by atoms with Crippen molar-refractivity contribution in [3.8, 4) is 0 Å². The molecule has 8 heteroatoms. The summed E-state index contributed by atoms with van der Waals surface area (Å²) < 4.78 is 28.9. The van der Waals surface area contributed by atoms with Crippen molar-refractivity contribution in [3.63, 3.8) is 0 Å². The molecule has 2 aromatic rings. The van der Waals surface area contributed by atoms with Crippen molar-refractivity contribution >= 4 is 31.6 Å². The molecule has 0 aromatic carbocycles. The van der Waals surface area contributed by atoms with Crippen LogP contribution in [0.5, 0.6) is 0 Å². The van der Waals surface area contributed by atoms with Gasteiger partial charge in [0, 0.05) is 23.9 Å². The molecule has 2 heterocycles. The predicted molar refractivity (Wildman–Crippen MR) is 70.7 cm³/mol. The molecule has 0 aliphatic carbocycles. The fourth-order valence-corrected chi connectivity index (χ4v) is 2.77. The zero-order valence-corrected chi connectivity index (χ0v) is 12.2. The molecule has 18 heavy (non-hydrogen) atoms. The number of aromatic nitrogens is 3. The van der Waals surface area contributed by atoms with Crippen LogP contribution in [0.4, 0.5) is 5.69 Å². The highest BCUT2D eigenvalue weighted by Crippen LogP contribution is 2.17. The summed E-state index contributed by atoms with van der Waals surface area (Å²) in [5.74, 6) is 0.628. The Bertz CT molecular complexity index is 661. The van der Waals surface area contributed by atoms with E-state index in [4.69, 9.17) is 0 Å². The van der Waals surface area contributed by atoms with Gasteiger partial charge in [0.1, 0.15) is 5.82 Å². The van der Waals surface area contributed by atoms with Crippen molar-refractivity contribution in [2.45, 2.75) is 11.9 Å². The number of nitrogens with zero attached hydrogens (tertiary/aromatic N) is 3. The minimum atomic E-state index is -3.67. The van der Waals surface area contributed by atoms with Gasteiger partial charge >= 0.3 is 0 Å². The topological polar surface area (TPSA) is 76.9 Å². The number of anilines is 1. The summed E-state index contributed by atoms with van der Waals surface area (Å²) in [7, 11) is -1.94. The normalized spacial score (nSPS) is 11.5. The zero-order chi connectivity index (χ0) is 13.3. The van der Waals surface area contributed by atoms with E-state index < -0.39 is 10.0 Å². The number of nitrogens with one attached hydrogen (secondary N) is 1. The number of pyridine rings is 1. The van der Waals surface area contributed by atoms with E-state index in [9.17, 15) is 8.42 Å². The fraction of sp³-hybridized carbons (Fsp3) is 0.200. The maximum Gasteiger partial charge on any atom is 0.281 e. The van der Waals surface area contributed by atoms with Gasteiger partial charge in [0.15, 0.2) is 5.03 Å². The van der Waals surface area contributed by atoms with Gasteiger partial charge in [0.25, 0.3) is 10.0 Å². The van der Waals surface area contributed by atoms with Crippen molar-refractivity contribution in [1.29, 1.82) is 0 Å². The maximum atomic E-state index is 12.0. The first-order chi connectivity index (χ1) is 8.38. The molecule has 0 saturated heterocycles. The smallest absolute Gasteiger partial charge is 0.281 e. The summed E-state index contributed by atoms with van der Waals surface area (Å²) in [4.78, 5) is 7.87. The third kappa shape index (κ3) is 2.70. The third-order valence-corrected chi connectivity index (χ3v) is 4.00. The third-order valence-electron chi connectivity index (χ3n) is 2.32. The molecule has 0 spiro atoms. The van der Waals surface area contributed by atoms with Crippen molar-refractivity contribution in [2.75, 3.05) is 4.72 Å². The van der Waals surface area contributed by atoms with Gasteiger partial charge in [-0.3, -0.25) is 9.71 Å². The van der Waals surface area contributed by atoms with Crippen LogP contribution in [0.25, 0.3) is 0 Å². The molecule has 0 radical (unpaired) electrons. The van der Waals surface area contributed by atoms with E-state index in [1.807, 2.05) is 0 Å². The zero-order valence-electron chi connectivity index (χ0n) is 9.75. The second kappa shape index (κ2) is 4.69. The SMILES string of the molecule is Cc1nc(S(=O)(=O)Nc2cncc(Br)c2)cn1C. The monoisotopic (exact) mass is 330 g/mol. The maximum absolute atomic E-state index is 12.0. The minimum Gasteiger partial charge on any atom is -0.337 e. The molecule has 2 aromatic heterocycles. The average Bonchev–Trinajstić information content (AvgIpc) is 2.59. The van der Waals surface area contributed by atoms with Crippen molar-refractivity contribution < 1.29 is 8.42 Å². The van der Waals surface area contributed by atoms with Crippen molar-refractivity contribution in [3.05, 3.63) is 35.0 Å². The lowest BCUT2D eigenvalue weighted by Gasteiger charge is -2.05. The van der Waals surface area contributed by atoms with Gasteiger partial charge in [0.2, 0.25) is 0 Å². The molecule has 0 amide bonds. The second-order valence-electron chi connectivity index (χ2n) is 3.73. The van der Waals surface area contributed by atoms with Crippen LogP contribution in [0.2, 0.25) is 0 Å². The highest BCUT2D eigenvalue weighted by Gasteiger charge is 2.18. The van der Waals surface area contributed by atoms with Gasteiger partial charge in [-0.25, -0.2) is 4.98 Å². The van der Waals surface area contributed by atoms with Gasteiger partial charge in [-0.15, -0.1) is 0 Å². The first-order valence-electron chi connectivity index (χ1n) is 5.02. The van der Waals surface area contributed by atoms with Gasteiger partial charge in [-0.1, -0.05) is 0 Å². The molecule has 1 N–H and O–H groups in total. The van der Waals surface area contributed by atoms with Gasteiger partial charge in [-0.2, -0.15) is 8.42 Å². The van der Waals surface area contributed by atoms with Gasteiger partial charge in [0.05, 0.1) is 11.9 Å². The molecule has 6 nitrogen and oxygen atoms in total. The molecule has 0 fully saturated rings. The minimum absolute atomic E-state index is 0.0116. The van der Waals surface area contributed by atoms with E-state index in [0.29, 0.717) is 16.0 Å². The highest BCUT2D eigenvalue weighted by atomic mass is 79.9. The number of sulfonamides is 1. The molecule has 2 rings (SSSR count). The summed E-state index contributed by atoms with van der Waals surface area (Å²) in [6, 6.07) is 1.63. The van der Waals surface area contributed by atoms with Gasteiger partial charge in [-0.05, 0) is 28.9 Å². The molecule has 0 unspecified atom stereocenters. The summed E-state index contributed by atoms with van der Waals surface area (Å²) in [5.41, 5.74) is 0.382. The van der Waals surface area contributed by atoms with E-state index in [2.05, 4.69) is 30.6 Å². The summed E-state index contributed by atoms with van der Waals surface area (Å²) in [6.45, 7) is 1.74. The van der Waals surface area contributed by atoms with E-state index in [1.54, 1.807) is 30.8 Å². The number of rotatable bonds is 3. The van der Waals surface area contributed by atoms with Crippen molar-refractivity contribution in [2.24, 2.45) is 7.05 Å². The van der Waals surface area contributed by atoms with Crippen LogP contribution < -0.4 is 4.72 Å². The lowest BCUT2D eigenvalue weighted by Crippen LogP contribution is -2.13. The Labute approximate surface area is 113 Å². The van der Waals surface area contributed by atoms with Crippen LogP contribution in [0.15, 0.2) is 34.2 Å². The number of halogens is 1. The summed E-state index contributed by atoms with van der Waals surface area (Å²) in [5, 5.41) is -0.0116. The van der Waals surface area contributed by atoms with Crippen molar-refractivity contribution in [1.82, 2.24) is 14.5 Å². The molecule has 0 saturated carbocycles. The number of imidazole rings is 1. The Morgan fingerprint density at radius 1 is 1.39 bits per heavy atom. The largest absolute Gasteiger partial charge is 0.337 e. The first-order valence-corrected chi connectivity index (χ1v) is 7.29. The lowest BCUT2D eigenvalue weighted by atomic mass is 10.4. The number of hydrogen-bond donors (Lipinski definition) is 1. The quantitative estimate of drug-likeness (QED) is 0.928. The van der Waals surface area contributed by atoms with E-state index >= 15 is 0 Å². The Morgan fingerprint density at radius 3 is 2.67 bits per heavy atom. The van der Waals surface area contributed by atoms with Crippen LogP contribution in [0.1, 0.15) is 5.82 Å². The molecular weight excluding hydrogens is 320 g/mol. The summed E-state index contributed by atoms with van der Waals surface area (Å²) in [6.07, 6.45) is 4.46. The van der Waals surface area contributed by atoms with E-state index in [0.717, 1.165) is 0 Å². The molecule has 0 bridgehead atoms.